The van der Waals surface area contributed by atoms with Gasteiger partial charge in [0, 0.05) is 12.3 Å². The minimum atomic E-state index is -0.582. The molecule has 20 heavy (non-hydrogen) atoms. The van der Waals surface area contributed by atoms with Gasteiger partial charge in [-0.25, -0.2) is 4.98 Å². The van der Waals surface area contributed by atoms with Crippen molar-refractivity contribution in [2.45, 2.75) is 6.92 Å². The van der Waals surface area contributed by atoms with Crippen LogP contribution in [0.15, 0.2) is 24.4 Å². The summed E-state index contributed by atoms with van der Waals surface area (Å²) in [5, 5.41) is 10.9. The summed E-state index contributed by atoms with van der Waals surface area (Å²) in [7, 11) is 1.46. The van der Waals surface area contributed by atoms with Crippen LogP contribution in [0.2, 0.25) is 5.02 Å². The van der Waals surface area contributed by atoms with Crippen LogP contribution in [0.25, 0.3) is 0 Å². The summed E-state index contributed by atoms with van der Waals surface area (Å²) in [5.74, 6) is 0.588. The molecule has 8 heteroatoms. The third kappa shape index (κ3) is 2.94. The third-order valence-corrected chi connectivity index (χ3v) is 2.76. The zero-order chi connectivity index (χ0) is 14.7. The van der Waals surface area contributed by atoms with Gasteiger partial charge in [0.2, 0.25) is 5.88 Å². The lowest BCUT2D eigenvalue weighted by Gasteiger charge is -2.08. The Morgan fingerprint density at radius 2 is 2.15 bits per heavy atom. The van der Waals surface area contributed by atoms with Crippen LogP contribution in [-0.4, -0.2) is 22.0 Å². The zero-order valence-electron chi connectivity index (χ0n) is 10.7. The molecule has 0 atom stereocenters. The molecule has 1 heterocycles. The molecule has 7 nitrogen and oxygen atoms in total. The van der Waals surface area contributed by atoms with Crippen molar-refractivity contribution < 1.29 is 14.4 Å². The molecule has 0 saturated heterocycles. The Morgan fingerprint density at radius 1 is 1.40 bits per heavy atom. The normalized spacial score (nSPS) is 10.2. The van der Waals surface area contributed by atoms with Crippen molar-refractivity contribution in [2.75, 3.05) is 7.11 Å². The summed E-state index contributed by atoms with van der Waals surface area (Å²) < 4.78 is 10.4. The quantitative estimate of drug-likeness (QED) is 0.636. The second kappa shape index (κ2) is 5.70. The predicted molar refractivity (Wildman–Crippen MR) is 71.5 cm³/mol. The summed E-state index contributed by atoms with van der Waals surface area (Å²) in [6.07, 6.45) is 1.46. The first-order valence-corrected chi connectivity index (χ1v) is 5.88. The predicted octanol–water partition coefficient (Wildman–Crippen LogP) is 3.15. The highest BCUT2D eigenvalue weighted by Crippen LogP contribution is 2.33. The number of rotatable bonds is 4. The highest BCUT2D eigenvalue weighted by Gasteiger charge is 2.17. The molecular formula is C12H10ClN3O4. The van der Waals surface area contributed by atoms with E-state index in [9.17, 15) is 10.1 Å². The van der Waals surface area contributed by atoms with Gasteiger partial charge in [-0.2, -0.15) is 4.98 Å². The Bertz CT molecular complexity index is 663. The first kappa shape index (κ1) is 14.0. The van der Waals surface area contributed by atoms with Crippen molar-refractivity contribution in [1.29, 1.82) is 0 Å². The molecule has 0 aliphatic rings. The first-order chi connectivity index (χ1) is 9.51. The summed E-state index contributed by atoms with van der Waals surface area (Å²) >= 11 is 5.80. The summed E-state index contributed by atoms with van der Waals surface area (Å²) in [5.41, 5.74) is 0.391. The second-order valence-corrected chi connectivity index (χ2v) is 4.22. The number of methoxy groups -OCH3 is 1. The van der Waals surface area contributed by atoms with Crippen LogP contribution in [0.3, 0.4) is 0 Å². The van der Waals surface area contributed by atoms with E-state index in [-0.39, 0.29) is 22.5 Å². The summed E-state index contributed by atoms with van der Waals surface area (Å²) in [6, 6.07) is 4.28. The number of halogens is 1. The molecule has 0 radical (unpaired) electrons. The monoisotopic (exact) mass is 295 g/mol. The minimum Gasteiger partial charge on any atom is -0.481 e. The fourth-order valence-electron chi connectivity index (χ4n) is 1.48. The number of benzene rings is 1. The van der Waals surface area contributed by atoms with E-state index in [1.807, 2.05) is 0 Å². The Kier molecular flexibility index (Phi) is 3.99. The van der Waals surface area contributed by atoms with Gasteiger partial charge in [-0.3, -0.25) is 10.1 Å². The minimum absolute atomic E-state index is 0.0315. The second-order valence-electron chi connectivity index (χ2n) is 3.81. The van der Waals surface area contributed by atoms with E-state index in [2.05, 4.69) is 9.97 Å². The average molecular weight is 296 g/mol. The molecule has 104 valence electrons. The molecule has 0 spiro atoms. The van der Waals surface area contributed by atoms with Gasteiger partial charge in [0.15, 0.2) is 0 Å². The molecule has 2 aromatic rings. The van der Waals surface area contributed by atoms with E-state index in [0.29, 0.717) is 11.4 Å². The van der Waals surface area contributed by atoms with Crippen LogP contribution in [0.4, 0.5) is 5.69 Å². The van der Waals surface area contributed by atoms with Crippen LogP contribution in [0.1, 0.15) is 5.56 Å². The fraction of sp³-hybridized carbons (Fsp3) is 0.167. The van der Waals surface area contributed by atoms with Gasteiger partial charge in [0.05, 0.1) is 18.1 Å². The van der Waals surface area contributed by atoms with E-state index in [1.165, 1.54) is 25.4 Å². The number of aryl methyl sites for hydroxylation is 1. The standard InChI is InChI=1S/C12H10ClN3O4/c1-7-5-8(13)9(16(17)18)6-10(7)20-12-14-4-3-11(15-12)19-2/h3-6H,1-2H3. The number of hydrogen-bond acceptors (Lipinski definition) is 6. The maximum absolute atomic E-state index is 10.9. The largest absolute Gasteiger partial charge is 0.481 e. The number of hydrogen-bond donors (Lipinski definition) is 0. The topological polar surface area (TPSA) is 87.4 Å². The smallest absolute Gasteiger partial charge is 0.325 e. The molecule has 1 aromatic heterocycles. The molecule has 0 saturated carbocycles. The van der Waals surface area contributed by atoms with Crippen LogP contribution >= 0.6 is 11.6 Å². The van der Waals surface area contributed by atoms with Crippen LogP contribution < -0.4 is 9.47 Å². The van der Waals surface area contributed by atoms with Crippen molar-refractivity contribution in [2.24, 2.45) is 0 Å². The summed E-state index contributed by atoms with van der Waals surface area (Å²) in [6.45, 7) is 1.71. The fourth-order valence-corrected chi connectivity index (χ4v) is 1.77. The number of nitrogens with zero attached hydrogens (tertiary/aromatic N) is 3. The van der Waals surface area contributed by atoms with Gasteiger partial charge in [-0.1, -0.05) is 11.6 Å². The van der Waals surface area contributed by atoms with Crippen LogP contribution in [0.5, 0.6) is 17.6 Å². The van der Waals surface area contributed by atoms with Crippen molar-refractivity contribution in [3.63, 3.8) is 0 Å². The molecule has 0 aliphatic heterocycles. The van der Waals surface area contributed by atoms with Crippen LogP contribution in [-0.2, 0) is 0 Å². The van der Waals surface area contributed by atoms with Gasteiger partial charge in [-0.05, 0) is 18.6 Å². The van der Waals surface area contributed by atoms with E-state index in [4.69, 9.17) is 21.1 Å². The Hall–Kier alpha value is -2.41. The Balaban J connectivity index is 2.37. The van der Waals surface area contributed by atoms with Crippen LogP contribution in [0, 0.1) is 17.0 Å². The van der Waals surface area contributed by atoms with Crippen molar-refractivity contribution in [3.05, 3.63) is 45.1 Å². The molecule has 0 N–H and O–H groups in total. The van der Waals surface area contributed by atoms with Gasteiger partial charge < -0.3 is 9.47 Å². The first-order valence-electron chi connectivity index (χ1n) is 5.50. The van der Waals surface area contributed by atoms with E-state index in [0.717, 1.165) is 0 Å². The molecule has 1 aromatic carbocycles. The molecule has 0 aliphatic carbocycles. The van der Waals surface area contributed by atoms with Crippen molar-refractivity contribution in [3.8, 4) is 17.6 Å². The van der Waals surface area contributed by atoms with Crippen molar-refractivity contribution >= 4 is 17.3 Å². The number of ether oxygens (including phenoxy) is 2. The molecular weight excluding hydrogens is 286 g/mol. The van der Waals surface area contributed by atoms with Gasteiger partial charge in [-0.15, -0.1) is 0 Å². The maximum Gasteiger partial charge on any atom is 0.325 e. The number of aromatic nitrogens is 2. The highest BCUT2D eigenvalue weighted by molar-refractivity contribution is 6.32. The molecule has 0 bridgehead atoms. The Morgan fingerprint density at radius 3 is 2.80 bits per heavy atom. The van der Waals surface area contributed by atoms with Crippen molar-refractivity contribution in [1.82, 2.24) is 9.97 Å². The lowest BCUT2D eigenvalue weighted by molar-refractivity contribution is -0.384. The Labute approximate surface area is 119 Å². The van der Waals surface area contributed by atoms with E-state index in [1.54, 1.807) is 13.0 Å². The maximum atomic E-state index is 10.9. The van der Waals surface area contributed by atoms with Gasteiger partial charge in [0.1, 0.15) is 10.8 Å². The lowest BCUT2D eigenvalue weighted by atomic mass is 10.2. The highest BCUT2D eigenvalue weighted by atomic mass is 35.5. The average Bonchev–Trinajstić information content (AvgIpc) is 2.41. The third-order valence-electron chi connectivity index (χ3n) is 2.46. The zero-order valence-corrected chi connectivity index (χ0v) is 11.4. The number of nitro groups is 1. The van der Waals surface area contributed by atoms with Gasteiger partial charge in [0.25, 0.3) is 5.69 Å². The molecule has 0 fully saturated rings. The molecule has 0 unspecified atom stereocenters. The van der Waals surface area contributed by atoms with Gasteiger partial charge >= 0.3 is 6.01 Å². The lowest BCUT2D eigenvalue weighted by Crippen LogP contribution is -1.97. The number of nitro benzene ring substituents is 1. The summed E-state index contributed by atoms with van der Waals surface area (Å²) in [4.78, 5) is 18.1. The van der Waals surface area contributed by atoms with E-state index >= 15 is 0 Å². The molecule has 2 rings (SSSR count). The SMILES string of the molecule is COc1ccnc(Oc2cc([N+](=O)[O-])c(Cl)cc2C)n1. The van der Waals surface area contributed by atoms with E-state index < -0.39 is 4.92 Å². The molecule has 0 amide bonds.